The second kappa shape index (κ2) is 7.39. The van der Waals surface area contributed by atoms with Gasteiger partial charge in [-0.1, -0.05) is 19.1 Å². The van der Waals surface area contributed by atoms with Crippen molar-refractivity contribution in [2.24, 2.45) is 5.92 Å². The van der Waals surface area contributed by atoms with E-state index in [2.05, 4.69) is 45.2 Å². The Bertz CT molecular complexity index is 631. The van der Waals surface area contributed by atoms with Gasteiger partial charge in [-0.05, 0) is 24.1 Å². The van der Waals surface area contributed by atoms with Crippen molar-refractivity contribution in [2.45, 2.75) is 19.4 Å². The highest BCUT2D eigenvalue weighted by Gasteiger charge is 2.28. The van der Waals surface area contributed by atoms with Crippen LogP contribution in [0, 0.1) is 5.92 Å². The Morgan fingerprint density at radius 2 is 2.09 bits per heavy atom. The first kappa shape index (κ1) is 15.7. The van der Waals surface area contributed by atoms with E-state index in [9.17, 15) is 0 Å². The summed E-state index contributed by atoms with van der Waals surface area (Å²) < 4.78 is 5.22. The smallest absolute Gasteiger partial charge is 0.129 e. The Morgan fingerprint density at radius 3 is 2.83 bits per heavy atom. The highest BCUT2D eigenvalue weighted by atomic mass is 16.5. The zero-order chi connectivity index (χ0) is 16.1. The van der Waals surface area contributed by atoms with Crippen LogP contribution in [0.2, 0.25) is 0 Å². The number of hydrogen-bond donors (Lipinski definition) is 3. The summed E-state index contributed by atoms with van der Waals surface area (Å²) in [5.74, 6) is 2.20. The predicted octanol–water partition coefficient (Wildman–Crippen LogP) is 1.92. The van der Waals surface area contributed by atoms with E-state index in [0.29, 0.717) is 5.92 Å². The van der Waals surface area contributed by atoms with E-state index in [0.717, 1.165) is 36.8 Å². The molecule has 1 aliphatic heterocycles. The molecule has 6 nitrogen and oxygen atoms in total. The number of nitrogens with one attached hydrogen (secondary N) is 3. The minimum atomic E-state index is 0.265. The van der Waals surface area contributed by atoms with E-state index in [1.54, 1.807) is 13.4 Å². The van der Waals surface area contributed by atoms with Crippen LogP contribution >= 0.6 is 0 Å². The van der Waals surface area contributed by atoms with Crippen LogP contribution in [0.15, 0.2) is 36.7 Å². The lowest BCUT2D eigenvalue weighted by Crippen LogP contribution is -2.26. The zero-order valence-electron chi connectivity index (χ0n) is 13.5. The molecule has 1 aromatic carbocycles. The van der Waals surface area contributed by atoms with Gasteiger partial charge >= 0.3 is 0 Å². The van der Waals surface area contributed by atoms with Crippen molar-refractivity contribution in [2.75, 3.05) is 25.5 Å². The summed E-state index contributed by atoms with van der Waals surface area (Å²) in [5, 5.41) is 3.43. The number of aryl methyl sites for hydroxylation is 1. The normalized spacial score (nSPS) is 20.4. The molecule has 3 N–H and O–H groups in total. The van der Waals surface area contributed by atoms with Gasteiger partial charge < -0.3 is 10.1 Å². The van der Waals surface area contributed by atoms with Crippen LogP contribution in [0.25, 0.3) is 0 Å². The molecule has 0 aliphatic carbocycles. The highest BCUT2D eigenvalue weighted by molar-refractivity contribution is 5.35. The topological polar surface area (TPSA) is 71.1 Å². The van der Waals surface area contributed by atoms with Gasteiger partial charge in [0.2, 0.25) is 0 Å². The Labute approximate surface area is 136 Å². The first-order chi connectivity index (χ1) is 11.3. The van der Waals surface area contributed by atoms with Crippen LogP contribution in [0.1, 0.15) is 24.2 Å². The monoisotopic (exact) mass is 313 g/mol. The lowest BCUT2D eigenvalue weighted by atomic mass is 9.95. The molecule has 122 valence electrons. The molecule has 2 heterocycles. The molecule has 1 aromatic heterocycles. The third-order valence-electron chi connectivity index (χ3n) is 4.20. The largest absolute Gasteiger partial charge is 0.497 e. The molecule has 0 spiro atoms. The van der Waals surface area contributed by atoms with Gasteiger partial charge in [0.05, 0.1) is 13.2 Å². The van der Waals surface area contributed by atoms with Gasteiger partial charge in [0, 0.05) is 30.8 Å². The van der Waals surface area contributed by atoms with Gasteiger partial charge in [-0.25, -0.2) is 15.4 Å². The minimum absolute atomic E-state index is 0.265. The number of methoxy groups -OCH3 is 1. The van der Waals surface area contributed by atoms with E-state index in [4.69, 9.17) is 4.74 Å². The molecule has 0 saturated carbocycles. The zero-order valence-corrected chi connectivity index (χ0v) is 13.5. The number of aromatic nitrogens is 2. The summed E-state index contributed by atoms with van der Waals surface area (Å²) in [6, 6.07) is 10.5. The lowest BCUT2D eigenvalue weighted by Gasteiger charge is -2.20. The maximum absolute atomic E-state index is 5.22. The van der Waals surface area contributed by atoms with Crippen LogP contribution in [0.3, 0.4) is 0 Å². The van der Waals surface area contributed by atoms with Gasteiger partial charge in [0.25, 0.3) is 0 Å². The second-order valence-corrected chi connectivity index (χ2v) is 5.67. The van der Waals surface area contributed by atoms with E-state index in [1.807, 2.05) is 18.2 Å². The van der Waals surface area contributed by atoms with Crippen LogP contribution in [0.5, 0.6) is 5.75 Å². The summed E-state index contributed by atoms with van der Waals surface area (Å²) in [5.41, 5.74) is 8.91. The fourth-order valence-electron chi connectivity index (χ4n) is 2.82. The SMILES string of the molecule is CCc1cc(NCC2CNNC2c2ccc(OC)cc2)ncn1. The third kappa shape index (κ3) is 3.78. The molecule has 3 rings (SSSR count). The molecule has 0 radical (unpaired) electrons. The molecule has 0 amide bonds. The Balaban J connectivity index is 1.64. The van der Waals surface area contributed by atoms with Gasteiger partial charge in [-0.3, -0.25) is 5.43 Å². The Morgan fingerprint density at radius 1 is 1.26 bits per heavy atom. The molecule has 23 heavy (non-hydrogen) atoms. The fourth-order valence-corrected chi connectivity index (χ4v) is 2.82. The second-order valence-electron chi connectivity index (χ2n) is 5.67. The highest BCUT2D eigenvalue weighted by Crippen LogP contribution is 2.26. The average molecular weight is 313 g/mol. The number of rotatable bonds is 6. The Kier molecular flexibility index (Phi) is 5.05. The average Bonchev–Trinajstić information content (AvgIpc) is 3.09. The standard InChI is InChI=1S/C17H23N5O/c1-3-14-8-16(20-11-19-14)18-9-13-10-21-22-17(13)12-4-6-15(23-2)7-5-12/h4-8,11,13,17,21-22H,3,9-10H2,1-2H3,(H,18,19,20). The van der Waals surface area contributed by atoms with Crippen molar-refractivity contribution in [3.05, 3.63) is 47.9 Å². The molecule has 1 fully saturated rings. The molecule has 0 bridgehead atoms. The quantitative estimate of drug-likeness (QED) is 0.757. The summed E-state index contributed by atoms with van der Waals surface area (Å²) in [7, 11) is 1.68. The number of anilines is 1. The first-order valence-electron chi connectivity index (χ1n) is 7.97. The predicted molar refractivity (Wildman–Crippen MR) is 90.3 cm³/mol. The minimum Gasteiger partial charge on any atom is -0.497 e. The summed E-state index contributed by atoms with van der Waals surface area (Å²) in [6.07, 6.45) is 2.53. The maximum atomic E-state index is 5.22. The van der Waals surface area contributed by atoms with E-state index >= 15 is 0 Å². The summed E-state index contributed by atoms with van der Waals surface area (Å²) in [6.45, 7) is 3.85. The molecule has 6 heteroatoms. The van der Waals surface area contributed by atoms with E-state index in [-0.39, 0.29) is 6.04 Å². The van der Waals surface area contributed by atoms with Gasteiger partial charge in [0.1, 0.15) is 17.9 Å². The van der Waals surface area contributed by atoms with Crippen molar-refractivity contribution < 1.29 is 4.74 Å². The molecule has 1 saturated heterocycles. The van der Waals surface area contributed by atoms with Crippen LogP contribution < -0.4 is 20.9 Å². The van der Waals surface area contributed by atoms with Crippen molar-refractivity contribution >= 4 is 5.82 Å². The molecule has 2 aromatic rings. The molecule has 1 aliphatic rings. The number of nitrogens with zero attached hydrogens (tertiary/aromatic N) is 2. The van der Waals surface area contributed by atoms with E-state index in [1.165, 1.54) is 5.56 Å². The van der Waals surface area contributed by atoms with Crippen LogP contribution in [0.4, 0.5) is 5.82 Å². The Hall–Kier alpha value is -2.18. The molecule has 2 atom stereocenters. The van der Waals surface area contributed by atoms with Gasteiger partial charge in [-0.15, -0.1) is 0 Å². The fraction of sp³-hybridized carbons (Fsp3) is 0.412. The first-order valence-corrected chi connectivity index (χ1v) is 7.97. The number of hydrogen-bond acceptors (Lipinski definition) is 6. The number of hydrazine groups is 1. The van der Waals surface area contributed by atoms with Gasteiger partial charge in [0.15, 0.2) is 0 Å². The number of benzene rings is 1. The van der Waals surface area contributed by atoms with Crippen LogP contribution in [-0.4, -0.2) is 30.2 Å². The van der Waals surface area contributed by atoms with Gasteiger partial charge in [-0.2, -0.15) is 0 Å². The third-order valence-corrected chi connectivity index (χ3v) is 4.20. The number of ether oxygens (including phenoxy) is 1. The lowest BCUT2D eigenvalue weighted by molar-refractivity contribution is 0.414. The van der Waals surface area contributed by atoms with Crippen molar-refractivity contribution in [3.8, 4) is 5.75 Å². The molecular weight excluding hydrogens is 290 g/mol. The molecule has 2 unspecified atom stereocenters. The van der Waals surface area contributed by atoms with Crippen molar-refractivity contribution in [1.82, 2.24) is 20.8 Å². The van der Waals surface area contributed by atoms with Crippen molar-refractivity contribution in [3.63, 3.8) is 0 Å². The summed E-state index contributed by atoms with van der Waals surface area (Å²) >= 11 is 0. The van der Waals surface area contributed by atoms with E-state index < -0.39 is 0 Å². The van der Waals surface area contributed by atoms with Crippen LogP contribution in [-0.2, 0) is 6.42 Å². The maximum Gasteiger partial charge on any atom is 0.129 e. The molecular formula is C17H23N5O. The van der Waals surface area contributed by atoms with Crippen molar-refractivity contribution in [1.29, 1.82) is 0 Å². The summed E-state index contributed by atoms with van der Waals surface area (Å²) in [4.78, 5) is 8.52.